The largest absolute Gasteiger partial charge is 0.310 e. The summed E-state index contributed by atoms with van der Waals surface area (Å²) in [6.07, 6.45) is 0. The maximum absolute atomic E-state index is 3.53. The molecular weight excluding hydrogens is 438 g/mol. The standard InChI is InChI=1S/C22H15Br2N/c23-17-8-12-19(13-9-17)25(20-14-10-18(24)11-15-20)22-7-3-5-16-4-1-2-6-21(16)22/h1-15H. The first-order chi connectivity index (χ1) is 12.2. The topological polar surface area (TPSA) is 3.24 Å². The van der Waals surface area contributed by atoms with Gasteiger partial charge in [0.15, 0.2) is 0 Å². The molecule has 0 fully saturated rings. The lowest BCUT2D eigenvalue weighted by molar-refractivity contribution is 1.29. The fourth-order valence-electron chi connectivity index (χ4n) is 3.01. The molecule has 0 aliphatic heterocycles. The van der Waals surface area contributed by atoms with Crippen molar-refractivity contribution in [3.63, 3.8) is 0 Å². The van der Waals surface area contributed by atoms with Crippen LogP contribution in [-0.4, -0.2) is 0 Å². The summed E-state index contributed by atoms with van der Waals surface area (Å²) < 4.78 is 2.15. The summed E-state index contributed by atoms with van der Waals surface area (Å²) in [5.41, 5.74) is 3.42. The first kappa shape index (κ1) is 16.4. The van der Waals surface area contributed by atoms with Gasteiger partial charge in [0, 0.05) is 25.7 Å². The summed E-state index contributed by atoms with van der Waals surface area (Å²) in [6, 6.07) is 31.8. The summed E-state index contributed by atoms with van der Waals surface area (Å²) in [6.45, 7) is 0. The number of hydrogen-bond acceptors (Lipinski definition) is 1. The van der Waals surface area contributed by atoms with Crippen LogP contribution in [0.3, 0.4) is 0 Å². The van der Waals surface area contributed by atoms with Crippen molar-refractivity contribution in [2.75, 3.05) is 4.90 Å². The van der Waals surface area contributed by atoms with E-state index in [1.54, 1.807) is 0 Å². The lowest BCUT2D eigenvalue weighted by atomic mass is 10.1. The molecule has 4 aromatic rings. The lowest BCUT2D eigenvalue weighted by Gasteiger charge is -2.27. The van der Waals surface area contributed by atoms with Crippen molar-refractivity contribution >= 4 is 59.7 Å². The molecule has 0 unspecified atom stereocenters. The average Bonchev–Trinajstić information content (AvgIpc) is 2.65. The van der Waals surface area contributed by atoms with Gasteiger partial charge in [-0.05, 0) is 60.0 Å². The van der Waals surface area contributed by atoms with E-state index in [1.807, 2.05) is 0 Å². The van der Waals surface area contributed by atoms with E-state index in [-0.39, 0.29) is 0 Å². The zero-order chi connectivity index (χ0) is 17.2. The zero-order valence-electron chi connectivity index (χ0n) is 13.4. The van der Waals surface area contributed by atoms with Crippen molar-refractivity contribution in [2.45, 2.75) is 0 Å². The van der Waals surface area contributed by atoms with Crippen LogP contribution in [-0.2, 0) is 0 Å². The van der Waals surface area contributed by atoms with Gasteiger partial charge in [-0.15, -0.1) is 0 Å². The SMILES string of the molecule is Brc1ccc(N(c2ccc(Br)cc2)c2cccc3ccccc23)cc1. The Kier molecular flexibility index (Phi) is 4.60. The molecule has 0 atom stereocenters. The first-order valence-corrected chi connectivity index (χ1v) is 9.60. The Morgan fingerprint density at radius 3 is 1.64 bits per heavy atom. The molecule has 4 aromatic carbocycles. The van der Waals surface area contributed by atoms with Crippen molar-refractivity contribution in [3.05, 3.63) is 99.9 Å². The molecule has 0 N–H and O–H groups in total. The highest BCUT2D eigenvalue weighted by atomic mass is 79.9. The molecule has 25 heavy (non-hydrogen) atoms. The van der Waals surface area contributed by atoms with Crippen LogP contribution in [0.15, 0.2) is 99.9 Å². The Balaban J connectivity index is 1.96. The van der Waals surface area contributed by atoms with Crippen LogP contribution in [0.2, 0.25) is 0 Å². The summed E-state index contributed by atoms with van der Waals surface area (Å²) in [4.78, 5) is 2.29. The summed E-state index contributed by atoms with van der Waals surface area (Å²) in [5, 5.41) is 2.47. The number of nitrogens with zero attached hydrogens (tertiary/aromatic N) is 1. The normalized spacial score (nSPS) is 10.8. The quantitative estimate of drug-likeness (QED) is 0.306. The van der Waals surface area contributed by atoms with E-state index in [4.69, 9.17) is 0 Å². The molecule has 0 radical (unpaired) electrons. The van der Waals surface area contributed by atoms with Gasteiger partial charge in [-0.1, -0.05) is 68.3 Å². The third-order valence-electron chi connectivity index (χ3n) is 4.18. The molecule has 0 spiro atoms. The minimum Gasteiger partial charge on any atom is -0.310 e. The third-order valence-corrected chi connectivity index (χ3v) is 5.23. The van der Waals surface area contributed by atoms with E-state index in [0.717, 1.165) is 20.3 Å². The minimum absolute atomic E-state index is 1.07. The first-order valence-electron chi connectivity index (χ1n) is 8.01. The van der Waals surface area contributed by atoms with Gasteiger partial charge in [0.05, 0.1) is 5.69 Å². The summed E-state index contributed by atoms with van der Waals surface area (Å²) >= 11 is 7.06. The van der Waals surface area contributed by atoms with Gasteiger partial charge in [-0.2, -0.15) is 0 Å². The minimum atomic E-state index is 1.07. The highest BCUT2D eigenvalue weighted by molar-refractivity contribution is 9.10. The molecule has 0 heterocycles. The highest BCUT2D eigenvalue weighted by Crippen LogP contribution is 2.39. The molecule has 122 valence electrons. The molecule has 0 amide bonds. The maximum atomic E-state index is 3.53. The van der Waals surface area contributed by atoms with Gasteiger partial charge in [0.1, 0.15) is 0 Å². The Morgan fingerprint density at radius 2 is 1.04 bits per heavy atom. The van der Waals surface area contributed by atoms with Crippen molar-refractivity contribution < 1.29 is 0 Å². The van der Waals surface area contributed by atoms with E-state index >= 15 is 0 Å². The second-order valence-electron chi connectivity index (χ2n) is 5.79. The number of rotatable bonds is 3. The monoisotopic (exact) mass is 451 g/mol. The molecule has 4 rings (SSSR count). The average molecular weight is 453 g/mol. The Bertz CT molecular complexity index is 957. The number of halogens is 2. The molecular formula is C22H15Br2N. The Morgan fingerprint density at radius 1 is 0.520 bits per heavy atom. The fourth-order valence-corrected chi connectivity index (χ4v) is 3.54. The van der Waals surface area contributed by atoms with Crippen LogP contribution in [0, 0.1) is 0 Å². The number of benzene rings is 4. The molecule has 0 saturated carbocycles. The summed E-state index contributed by atoms with van der Waals surface area (Å²) in [5.74, 6) is 0. The number of fused-ring (bicyclic) bond motifs is 1. The Labute approximate surface area is 164 Å². The smallest absolute Gasteiger partial charge is 0.0540 e. The lowest BCUT2D eigenvalue weighted by Crippen LogP contribution is -2.10. The van der Waals surface area contributed by atoms with Gasteiger partial charge in [0.25, 0.3) is 0 Å². The molecule has 0 aliphatic rings. The molecule has 0 aromatic heterocycles. The van der Waals surface area contributed by atoms with Gasteiger partial charge < -0.3 is 4.90 Å². The van der Waals surface area contributed by atoms with Crippen LogP contribution in [0.4, 0.5) is 17.1 Å². The third kappa shape index (κ3) is 3.35. The second-order valence-corrected chi connectivity index (χ2v) is 7.62. The van der Waals surface area contributed by atoms with E-state index in [0.29, 0.717) is 0 Å². The molecule has 3 heteroatoms. The van der Waals surface area contributed by atoms with E-state index in [1.165, 1.54) is 16.5 Å². The summed E-state index contributed by atoms with van der Waals surface area (Å²) in [7, 11) is 0. The number of anilines is 3. The van der Waals surface area contributed by atoms with Gasteiger partial charge in [-0.3, -0.25) is 0 Å². The van der Waals surface area contributed by atoms with Crippen molar-refractivity contribution in [3.8, 4) is 0 Å². The number of hydrogen-bond donors (Lipinski definition) is 0. The van der Waals surface area contributed by atoms with Crippen LogP contribution in [0.1, 0.15) is 0 Å². The van der Waals surface area contributed by atoms with Crippen LogP contribution in [0.25, 0.3) is 10.8 Å². The van der Waals surface area contributed by atoms with Gasteiger partial charge in [0.2, 0.25) is 0 Å². The van der Waals surface area contributed by atoms with E-state index in [2.05, 4.69) is 128 Å². The predicted octanol–water partition coefficient (Wildman–Crippen LogP) is 7.83. The maximum Gasteiger partial charge on any atom is 0.0540 e. The van der Waals surface area contributed by atoms with Crippen molar-refractivity contribution in [2.24, 2.45) is 0 Å². The van der Waals surface area contributed by atoms with Crippen molar-refractivity contribution in [1.29, 1.82) is 0 Å². The highest BCUT2D eigenvalue weighted by Gasteiger charge is 2.14. The van der Waals surface area contributed by atoms with Gasteiger partial charge >= 0.3 is 0 Å². The van der Waals surface area contributed by atoms with E-state index < -0.39 is 0 Å². The van der Waals surface area contributed by atoms with Crippen molar-refractivity contribution in [1.82, 2.24) is 0 Å². The molecule has 0 saturated heterocycles. The van der Waals surface area contributed by atoms with Crippen LogP contribution >= 0.6 is 31.9 Å². The zero-order valence-corrected chi connectivity index (χ0v) is 16.5. The fraction of sp³-hybridized carbons (Fsp3) is 0. The molecule has 1 nitrogen and oxygen atoms in total. The molecule has 0 bridgehead atoms. The second kappa shape index (κ2) is 7.03. The van der Waals surface area contributed by atoms with Crippen LogP contribution in [0.5, 0.6) is 0 Å². The van der Waals surface area contributed by atoms with Gasteiger partial charge in [-0.25, -0.2) is 0 Å². The Hall–Kier alpha value is -2.10. The molecule has 0 aliphatic carbocycles. The van der Waals surface area contributed by atoms with E-state index in [9.17, 15) is 0 Å². The predicted molar refractivity (Wildman–Crippen MR) is 114 cm³/mol. The van der Waals surface area contributed by atoms with Crippen LogP contribution < -0.4 is 4.90 Å².